The predicted octanol–water partition coefficient (Wildman–Crippen LogP) is 2.67. The number of rotatable bonds is 6. The van der Waals surface area contributed by atoms with Crippen molar-refractivity contribution in [3.63, 3.8) is 0 Å². The molecule has 1 atom stereocenters. The van der Waals surface area contributed by atoms with E-state index in [4.69, 9.17) is 10.5 Å². The molecule has 0 bridgehead atoms. The van der Waals surface area contributed by atoms with Crippen LogP contribution in [-0.4, -0.2) is 36.1 Å². The number of primary amides is 1. The van der Waals surface area contributed by atoms with Crippen molar-refractivity contribution < 1.29 is 18.7 Å². The standard InChI is InChI=1S/C22H24FN5O3/c1-22(2)25-20(26-27-22)14-5-3-13(4-6-14)17-9-7-15(11-18(17)23)28-12-16(31-21(28)30)8-10-19(24)29/h3-7,9,11,16,27H,8,10,12H2,1-2H3,(H2,24,29)(H,25,26). The number of hydrazine groups is 1. The van der Waals surface area contributed by atoms with E-state index in [1.54, 1.807) is 12.1 Å². The second kappa shape index (κ2) is 7.99. The lowest BCUT2D eigenvalue weighted by molar-refractivity contribution is -0.118. The van der Waals surface area contributed by atoms with Gasteiger partial charge in [0.25, 0.3) is 0 Å². The van der Waals surface area contributed by atoms with E-state index in [0.29, 0.717) is 23.2 Å². The van der Waals surface area contributed by atoms with Gasteiger partial charge in [0.2, 0.25) is 5.91 Å². The van der Waals surface area contributed by atoms with Crippen LogP contribution in [0.4, 0.5) is 14.9 Å². The van der Waals surface area contributed by atoms with Crippen molar-refractivity contribution >= 4 is 23.5 Å². The summed E-state index contributed by atoms with van der Waals surface area (Å²) >= 11 is 0. The Morgan fingerprint density at radius 2 is 1.97 bits per heavy atom. The number of amidine groups is 1. The molecule has 2 aromatic carbocycles. The zero-order chi connectivity index (χ0) is 22.2. The zero-order valence-corrected chi connectivity index (χ0v) is 17.3. The van der Waals surface area contributed by atoms with E-state index in [-0.39, 0.29) is 18.6 Å². The molecular weight excluding hydrogens is 401 g/mol. The monoisotopic (exact) mass is 425 g/mol. The highest BCUT2D eigenvalue weighted by molar-refractivity contribution is 6.00. The molecule has 0 saturated carbocycles. The molecule has 2 amide bonds. The number of hydrogen-bond donors (Lipinski definition) is 3. The Morgan fingerprint density at radius 1 is 1.26 bits per heavy atom. The molecular formula is C22H24FN5O3. The van der Waals surface area contributed by atoms with Gasteiger partial charge >= 0.3 is 6.09 Å². The summed E-state index contributed by atoms with van der Waals surface area (Å²) in [4.78, 5) is 29.0. The van der Waals surface area contributed by atoms with E-state index in [1.165, 1.54) is 11.0 Å². The molecule has 2 aliphatic rings. The predicted molar refractivity (Wildman–Crippen MR) is 115 cm³/mol. The van der Waals surface area contributed by atoms with Crippen molar-refractivity contribution in [3.05, 3.63) is 53.8 Å². The number of benzene rings is 2. The average molecular weight is 425 g/mol. The summed E-state index contributed by atoms with van der Waals surface area (Å²) in [5.41, 5.74) is 13.3. The van der Waals surface area contributed by atoms with E-state index in [2.05, 4.69) is 15.8 Å². The van der Waals surface area contributed by atoms with Gasteiger partial charge in [0.1, 0.15) is 23.4 Å². The van der Waals surface area contributed by atoms with Crippen LogP contribution in [-0.2, 0) is 9.53 Å². The molecule has 4 N–H and O–H groups in total. The highest BCUT2D eigenvalue weighted by Gasteiger charge is 2.32. The fourth-order valence-electron chi connectivity index (χ4n) is 3.58. The van der Waals surface area contributed by atoms with Crippen molar-refractivity contribution in [1.29, 1.82) is 0 Å². The van der Waals surface area contributed by atoms with E-state index >= 15 is 0 Å². The first-order valence-electron chi connectivity index (χ1n) is 10.0. The topological polar surface area (TPSA) is 109 Å². The maximum Gasteiger partial charge on any atom is 0.414 e. The molecule has 4 rings (SSSR count). The van der Waals surface area contributed by atoms with Crippen molar-refractivity contribution in [2.75, 3.05) is 11.4 Å². The van der Waals surface area contributed by atoms with Crippen LogP contribution in [0, 0.1) is 5.82 Å². The molecule has 0 aliphatic carbocycles. The van der Waals surface area contributed by atoms with Gasteiger partial charge < -0.3 is 15.9 Å². The summed E-state index contributed by atoms with van der Waals surface area (Å²) in [6, 6.07) is 12.0. The van der Waals surface area contributed by atoms with Gasteiger partial charge in [0.05, 0.1) is 12.2 Å². The molecule has 0 spiro atoms. The molecule has 1 fully saturated rings. The molecule has 2 aliphatic heterocycles. The van der Waals surface area contributed by atoms with Gasteiger partial charge in [0.15, 0.2) is 0 Å². The SMILES string of the molecule is CC1(C)N=C(c2ccc(-c3ccc(N4CC(CCC(N)=O)OC4=O)cc3F)cc2)NN1. The first-order chi connectivity index (χ1) is 14.7. The lowest BCUT2D eigenvalue weighted by Gasteiger charge is -2.14. The summed E-state index contributed by atoms with van der Waals surface area (Å²) in [7, 11) is 0. The van der Waals surface area contributed by atoms with Crippen LogP contribution in [0.3, 0.4) is 0 Å². The van der Waals surface area contributed by atoms with Gasteiger partial charge in [0, 0.05) is 17.5 Å². The minimum absolute atomic E-state index is 0.130. The summed E-state index contributed by atoms with van der Waals surface area (Å²) < 4.78 is 20.1. The first kappa shape index (κ1) is 20.8. The first-order valence-corrected chi connectivity index (χ1v) is 10.0. The number of ether oxygens (including phenoxy) is 1. The number of nitrogens with zero attached hydrogens (tertiary/aromatic N) is 2. The van der Waals surface area contributed by atoms with Crippen LogP contribution < -0.4 is 21.5 Å². The molecule has 2 aromatic rings. The molecule has 0 radical (unpaired) electrons. The molecule has 1 unspecified atom stereocenters. The van der Waals surface area contributed by atoms with Gasteiger partial charge in [-0.1, -0.05) is 24.3 Å². The van der Waals surface area contributed by atoms with Crippen LogP contribution in [0.15, 0.2) is 47.5 Å². The molecule has 0 aromatic heterocycles. The van der Waals surface area contributed by atoms with Crippen LogP contribution in [0.25, 0.3) is 11.1 Å². The second-order valence-electron chi connectivity index (χ2n) is 8.13. The van der Waals surface area contributed by atoms with E-state index in [0.717, 1.165) is 11.4 Å². The molecule has 9 heteroatoms. The number of cyclic esters (lactones) is 1. The normalized spacial score (nSPS) is 19.7. The quantitative estimate of drug-likeness (QED) is 0.659. The maximum atomic E-state index is 14.9. The van der Waals surface area contributed by atoms with Gasteiger partial charge in [-0.2, -0.15) is 0 Å². The minimum atomic E-state index is -0.563. The van der Waals surface area contributed by atoms with E-state index in [9.17, 15) is 14.0 Å². The van der Waals surface area contributed by atoms with Crippen LogP contribution in [0.1, 0.15) is 32.3 Å². The Kier molecular flexibility index (Phi) is 5.36. The fourth-order valence-corrected chi connectivity index (χ4v) is 3.58. The zero-order valence-electron chi connectivity index (χ0n) is 17.3. The summed E-state index contributed by atoms with van der Waals surface area (Å²) in [6.07, 6.45) is -0.531. The van der Waals surface area contributed by atoms with Gasteiger partial charge in [-0.15, -0.1) is 0 Å². The Labute approximate surface area is 179 Å². The fraction of sp³-hybridized carbons (Fsp3) is 0.318. The molecule has 31 heavy (non-hydrogen) atoms. The lowest BCUT2D eigenvalue weighted by Crippen LogP contribution is -2.41. The molecule has 1 saturated heterocycles. The van der Waals surface area contributed by atoms with E-state index in [1.807, 2.05) is 38.1 Å². The summed E-state index contributed by atoms with van der Waals surface area (Å²) in [5, 5.41) is 0. The average Bonchev–Trinajstić information content (AvgIpc) is 3.28. The number of nitrogens with one attached hydrogen (secondary N) is 2. The molecule has 8 nitrogen and oxygen atoms in total. The number of carbonyl (C=O) groups is 2. The minimum Gasteiger partial charge on any atom is -0.444 e. The summed E-state index contributed by atoms with van der Waals surface area (Å²) in [6.45, 7) is 4.15. The molecule has 162 valence electrons. The third-order valence-electron chi connectivity index (χ3n) is 5.20. The lowest BCUT2D eigenvalue weighted by atomic mass is 10.0. The Hall–Kier alpha value is -3.46. The van der Waals surface area contributed by atoms with E-state index < -0.39 is 23.9 Å². The Balaban J connectivity index is 1.49. The van der Waals surface area contributed by atoms with Crippen LogP contribution in [0.5, 0.6) is 0 Å². The van der Waals surface area contributed by atoms with Crippen molar-refractivity contribution in [1.82, 2.24) is 10.9 Å². The number of aliphatic imine (C=N–C) groups is 1. The smallest absolute Gasteiger partial charge is 0.414 e. The Morgan fingerprint density at radius 3 is 2.58 bits per heavy atom. The highest BCUT2D eigenvalue weighted by atomic mass is 19.1. The van der Waals surface area contributed by atoms with Crippen LogP contribution >= 0.6 is 0 Å². The number of amides is 2. The largest absolute Gasteiger partial charge is 0.444 e. The Bertz CT molecular complexity index is 1050. The molecule has 2 heterocycles. The number of halogens is 1. The maximum absolute atomic E-state index is 14.9. The van der Waals surface area contributed by atoms with Crippen molar-refractivity contribution in [2.24, 2.45) is 10.7 Å². The number of hydrogen-bond acceptors (Lipinski definition) is 6. The third-order valence-corrected chi connectivity index (χ3v) is 5.20. The van der Waals surface area contributed by atoms with Crippen molar-refractivity contribution in [2.45, 2.75) is 38.5 Å². The van der Waals surface area contributed by atoms with Gasteiger partial charge in [-0.3, -0.25) is 9.69 Å². The third kappa shape index (κ3) is 4.51. The van der Waals surface area contributed by atoms with Gasteiger partial charge in [-0.25, -0.2) is 19.6 Å². The van der Waals surface area contributed by atoms with Gasteiger partial charge in [-0.05, 0) is 44.0 Å². The number of nitrogens with two attached hydrogens (primary N) is 1. The summed E-state index contributed by atoms with van der Waals surface area (Å²) in [5.74, 6) is -0.171. The highest BCUT2D eigenvalue weighted by Crippen LogP contribution is 2.30. The van der Waals surface area contributed by atoms with Crippen molar-refractivity contribution in [3.8, 4) is 11.1 Å². The van der Waals surface area contributed by atoms with Crippen LogP contribution in [0.2, 0.25) is 0 Å². The second-order valence-corrected chi connectivity index (χ2v) is 8.13. The number of carbonyl (C=O) groups excluding carboxylic acids is 2. The number of anilines is 1.